The Hall–Kier alpha value is -1.07. The number of carboxylic acid groups (broad SMARTS) is 1. The van der Waals surface area contributed by atoms with Crippen molar-refractivity contribution in [1.29, 1.82) is 0 Å². The average Bonchev–Trinajstić information content (AvgIpc) is 2.30. The highest BCUT2D eigenvalue weighted by atomic mass is 79.9. The molecule has 0 aliphatic carbocycles. The Morgan fingerprint density at radius 2 is 2.00 bits per heavy atom. The summed E-state index contributed by atoms with van der Waals surface area (Å²) in [5.74, 6) is -1.80. The molecule has 98 valence electrons. The topological polar surface area (TPSA) is 66.4 Å². The van der Waals surface area contributed by atoms with E-state index in [-0.39, 0.29) is 5.91 Å². The summed E-state index contributed by atoms with van der Waals surface area (Å²) in [5.41, 5.74) is 1.22. The van der Waals surface area contributed by atoms with E-state index in [0.717, 1.165) is 0 Å². The van der Waals surface area contributed by atoms with Crippen LogP contribution in [0.2, 0.25) is 0 Å². The van der Waals surface area contributed by atoms with Crippen LogP contribution in [0.5, 0.6) is 0 Å². The first-order chi connectivity index (χ1) is 8.32. The van der Waals surface area contributed by atoms with Crippen molar-refractivity contribution in [2.45, 2.75) is 25.1 Å². The van der Waals surface area contributed by atoms with Gasteiger partial charge in [-0.05, 0) is 47.5 Å². The monoisotopic (exact) mass is 333 g/mol. The molecule has 18 heavy (non-hydrogen) atoms. The molecule has 0 fully saturated rings. The van der Waals surface area contributed by atoms with E-state index < -0.39 is 17.3 Å². The fourth-order valence-electron chi connectivity index (χ4n) is 1.28. The zero-order chi connectivity index (χ0) is 13.9. The summed E-state index contributed by atoms with van der Waals surface area (Å²) in [6.07, 6.45) is 0. The average molecular weight is 335 g/mol. The molecule has 0 saturated carbocycles. The van der Waals surface area contributed by atoms with Crippen molar-refractivity contribution in [1.82, 2.24) is 0 Å². The molecule has 4 nitrogen and oxygen atoms in total. The normalized spacial score (nSPS) is 13.8. The van der Waals surface area contributed by atoms with E-state index in [9.17, 15) is 9.59 Å². The highest BCUT2D eigenvalue weighted by molar-refractivity contribution is 9.10. The second-order valence-corrected chi connectivity index (χ2v) is 5.41. The van der Waals surface area contributed by atoms with Crippen molar-refractivity contribution in [3.8, 4) is 0 Å². The van der Waals surface area contributed by atoms with Crippen molar-refractivity contribution in [2.75, 3.05) is 5.32 Å². The minimum Gasteiger partial charge on any atom is -0.481 e. The molecule has 0 spiro atoms. The molecule has 0 radical (unpaired) electrons. The maximum absolute atomic E-state index is 11.4. The number of hydrogen-bond donors (Lipinski definition) is 2. The van der Waals surface area contributed by atoms with Crippen LogP contribution in [-0.4, -0.2) is 22.4 Å². The van der Waals surface area contributed by atoms with Gasteiger partial charge in [-0.2, -0.15) is 0 Å². The molecule has 2 N–H and O–H groups in total. The summed E-state index contributed by atoms with van der Waals surface area (Å²) in [4.78, 5) is 22.3. The summed E-state index contributed by atoms with van der Waals surface area (Å²) in [7, 11) is 0. The smallest absolute Gasteiger partial charge is 0.310 e. The third-order valence-electron chi connectivity index (χ3n) is 2.48. The highest BCUT2D eigenvalue weighted by Gasteiger charge is 2.16. The molecule has 1 rings (SSSR count). The van der Waals surface area contributed by atoms with Crippen LogP contribution in [0.1, 0.15) is 25.3 Å². The number of halogens is 2. The largest absolute Gasteiger partial charge is 0.481 e. The van der Waals surface area contributed by atoms with Crippen LogP contribution in [0.25, 0.3) is 0 Å². The number of anilines is 1. The molecule has 2 atom stereocenters. The van der Waals surface area contributed by atoms with Gasteiger partial charge in [0.1, 0.15) is 5.38 Å². The van der Waals surface area contributed by atoms with Crippen LogP contribution in [0.15, 0.2) is 22.7 Å². The number of alkyl halides is 1. The lowest BCUT2D eigenvalue weighted by atomic mass is 10.0. The third-order valence-corrected chi connectivity index (χ3v) is 3.34. The maximum atomic E-state index is 11.4. The molecule has 1 amide bonds. The molecule has 6 heteroatoms. The van der Waals surface area contributed by atoms with Gasteiger partial charge in [0, 0.05) is 4.47 Å². The lowest BCUT2D eigenvalue weighted by Gasteiger charge is -2.12. The molecule has 1 aromatic rings. The summed E-state index contributed by atoms with van der Waals surface area (Å²) in [6.45, 7) is 3.18. The Balaban J connectivity index is 2.93. The van der Waals surface area contributed by atoms with Crippen LogP contribution in [0.3, 0.4) is 0 Å². The summed E-state index contributed by atoms with van der Waals surface area (Å²) in [5, 5.41) is 10.9. The quantitative estimate of drug-likeness (QED) is 0.831. The first-order valence-corrected chi connectivity index (χ1v) is 6.53. The first-order valence-electron chi connectivity index (χ1n) is 5.30. The van der Waals surface area contributed by atoms with Crippen molar-refractivity contribution >= 4 is 45.1 Å². The molecule has 0 aliphatic heterocycles. The number of carbonyl (C=O) groups is 2. The number of benzene rings is 1. The Morgan fingerprint density at radius 1 is 1.39 bits per heavy atom. The van der Waals surface area contributed by atoms with E-state index in [1.807, 2.05) is 0 Å². The Bertz CT molecular complexity index is 476. The van der Waals surface area contributed by atoms with Crippen LogP contribution >= 0.6 is 27.5 Å². The van der Waals surface area contributed by atoms with Gasteiger partial charge in [-0.3, -0.25) is 9.59 Å². The maximum Gasteiger partial charge on any atom is 0.310 e. The minimum atomic E-state index is -0.895. The van der Waals surface area contributed by atoms with E-state index in [1.165, 1.54) is 0 Å². The molecule has 0 saturated heterocycles. The van der Waals surface area contributed by atoms with Crippen LogP contribution in [0, 0.1) is 0 Å². The number of amides is 1. The molecule has 0 aromatic heterocycles. The van der Waals surface area contributed by atoms with E-state index in [2.05, 4.69) is 21.2 Å². The Kier molecular flexibility index (Phi) is 5.16. The third kappa shape index (κ3) is 3.71. The molecule has 0 aliphatic rings. The molecular weight excluding hydrogens is 321 g/mol. The first kappa shape index (κ1) is 15.0. The van der Waals surface area contributed by atoms with Gasteiger partial charge in [-0.15, -0.1) is 11.6 Å². The number of carbonyl (C=O) groups excluding carboxylic acids is 1. The van der Waals surface area contributed by atoms with Crippen LogP contribution in [-0.2, 0) is 9.59 Å². The van der Waals surface area contributed by atoms with Gasteiger partial charge >= 0.3 is 5.97 Å². The van der Waals surface area contributed by atoms with E-state index in [0.29, 0.717) is 15.7 Å². The predicted molar refractivity (Wildman–Crippen MR) is 74.1 cm³/mol. The van der Waals surface area contributed by atoms with Gasteiger partial charge in [-0.25, -0.2) is 0 Å². The van der Waals surface area contributed by atoms with Crippen molar-refractivity contribution in [3.05, 3.63) is 28.2 Å². The highest BCUT2D eigenvalue weighted by Crippen LogP contribution is 2.27. The van der Waals surface area contributed by atoms with Crippen molar-refractivity contribution < 1.29 is 14.7 Å². The number of rotatable bonds is 4. The zero-order valence-electron chi connectivity index (χ0n) is 9.91. The molecule has 0 heterocycles. The number of nitrogens with one attached hydrogen (secondary N) is 1. The molecule has 1 aromatic carbocycles. The SMILES string of the molecule is CC(Cl)C(=O)Nc1ccc(C(C)C(=O)O)cc1Br. The lowest BCUT2D eigenvalue weighted by Crippen LogP contribution is -2.20. The second kappa shape index (κ2) is 6.20. The molecule has 0 bridgehead atoms. The van der Waals surface area contributed by atoms with Crippen LogP contribution in [0.4, 0.5) is 5.69 Å². The number of aliphatic carboxylic acids is 1. The van der Waals surface area contributed by atoms with E-state index >= 15 is 0 Å². The van der Waals surface area contributed by atoms with Gasteiger partial charge in [0.2, 0.25) is 5.91 Å². The fraction of sp³-hybridized carbons (Fsp3) is 0.333. The van der Waals surface area contributed by atoms with E-state index in [1.54, 1.807) is 32.0 Å². The van der Waals surface area contributed by atoms with Gasteiger partial charge in [0.05, 0.1) is 11.6 Å². The fourth-order valence-corrected chi connectivity index (χ4v) is 1.83. The minimum absolute atomic E-state index is 0.309. The Morgan fingerprint density at radius 3 is 2.44 bits per heavy atom. The predicted octanol–water partition coefficient (Wildman–Crippen LogP) is 3.20. The van der Waals surface area contributed by atoms with Gasteiger partial charge in [0.15, 0.2) is 0 Å². The van der Waals surface area contributed by atoms with Gasteiger partial charge < -0.3 is 10.4 Å². The number of carboxylic acids is 1. The lowest BCUT2D eigenvalue weighted by molar-refractivity contribution is -0.138. The number of hydrogen-bond acceptors (Lipinski definition) is 2. The summed E-state index contributed by atoms with van der Waals surface area (Å²) in [6, 6.07) is 4.99. The van der Waals surface area contributed by atoms with E-state index in [4.69, 9.17) is 16.7 Å². The Labute approximate surface area is 118 Å². The standard InChI is InChI=1S/C12H13BrClNO3/c1-6(12(17)18)8-3-4-10(9(13)5-8)15-11(16)7(2)14/h3-7H,1-2H3,(H,15,16)(H,17,18). The van der Waals surface area contributed by atoms with Crippen LogP contribution < -0.4 is 5.32 Å². The summed E-state index contributed by atoms with van der Waals surface area (Å²) < 4.78 is 0.624. The van der Waals surface area contributed by atoms with Crippen molar-refractivity contribution in [3.63, 3.8) is 0 Å². The zero-order valence-corrected chi connectivity index (χ0v) is 12.2. The molecule has 2 unspecified atom stereocenters. The second-order valence-electron chi connectivity index (χ2n) is 3.90. The molecular formula is C12H13BrClNO3. The van der Waals surface area contributed by atoms with Gasteiger partial charge in [0.25, 0.3) is 0 Å². The summed E-state index contributed by atoms with van der Waals surface area (Å²) >= 11 is 8.94. The van der Waals surface area contributed by atoms with Gasteiger partial charge in [-0.1, -0.05) is 6.07 Å². The van der Waals surface area contributed by atoms with Crippen molar-refractivity contribution in [2.24, 2.45) is 0 Å².